The van der Waals surface area contributed by atoms with E-state index in [1.165, 1.54) is 0 Å². The third kappa shape index (κ3) is 1.17. The number of hydrogen-bond donors (Lipinski definition) is 0. The number of ether oxygens (including phenoxy) is 1. The molecule has 1 heterocycles. The summed E-state index contributed by atoms with van der Waals surface area (Å²) in [5, 5.41) is 0. The van der Waals surface area contributed by atoms with E-state index in [1.807, 2.05) is 0 Å². The van der Waals surface area contributed by atoms with Gasteiger partial charge in [0.1, 0.15) is 5.60 Å². The molecular weight excluding hydrogens is 124 g/mol. The fourth-order valence-corrected chi connectivity index (χ4v) is 1.41. The fraction of sp³-hybridized carbons (Fsp3) is 0.778. The summed E-state index contributed by atoms with van der Waals surface area (Å²) in [5.74, 6) is 2.74. The second kappa shape index (κ2) is 2.64. The lowest BCUT2D eigenvalue weighted by Gasteiger charge is -2.20. The summed E-state index contributed by atoms with van der Waals surface area (Å²) in [6.07, 6.45) is 8.80. The predicted octanol–water partition coefficient (Wildman–Crippen LogP) is 1.97. The highest BCUT2D eigenvalue weighted by Gasteiger charge is 2.34. The zero-order valence-electron chi connectivity index (χ0n) is 6.68. The summed E-state index contributed by atoms with van der Waals surface area (Å²) in [7, 11) is 0. The summed E-state index contributed by atoms with van der Waals surface area (Å²) >= 11 is 0. The van der Waals surface area contributed by atoms with Crippen molar-refractivity contribution in [1.29, 1.82) is 0 Å². The van der Waals surface area contributed by atoms with Crippen LogP contribution in [0.1, 0.15) is 33.1 Å². The van der Waals surface area contributed by atoms with Crippen molar-refractivity contribution in [2.75, 3.05) is 0 Å². The molecule has 2 atom stereocenters. The van der Waals surface area contributed by atoms with Crippen molar-refractivity contribution in [2.24, 2.45) is 0 Å². The SMILES string of the molecule is C#C[C@@]1(CC)CC[C@H](C)O1. The molecule has 0 radical (unpaired) electrons. The molecule has 0 bridgehead atoms. The van der Waals surface area contributed by atoms with Crippen molar-refractivity contribution < 1.29 is 4.74 Å². The molecule has 56 valence electrons. The largest absolute Gasteiger partial charge is 0.359 e. The van der Waals surface area contributed by atoms with E-state index in [4.69, 9.17) is 11.2 Å². The predicted molar refractivity (Wildman–Crippen MR) is 41.6 cm³/mol. The Kier molecular flexibility index (Phi) is 2.01. The highest BCUT2D eigenvalue weighted by molar-refractivity contribution is 5.10. The molecule has 0 spiro atoms. The third-order valence-electron chi connectivity index (χ3n) is 2.22. The molecule has 0 aliphatic carbocycles. The Morgan fingerprint density at radius 2 is 2.50 bits per heavy atom. The first-order chi connectivity index (χ1) is 4.72. The Labute approximate surface area is 62.8 Å². The standard InChI is InChI=1S/C9H14O/c1-4-9(5-2)7-6-8(3)10-9/h1,8H,5-7H2,2-3H3/t8-,9+/m0/s1. The average molecular weight is 138 g/mol. The maximum Gasteiger partial charge on any atom is 0.128 e. The molecule has 1 fully saturated rings. The summed E-state index contributed by atoms with van der Waals surface area (Å²) in [6, 6.07) is 0. The number of rotatable bonds is 1. The van der Waals surface area contributed by atoms with Crippen LogP contribution in [0.15, 0.2) is 0 Å². The zero-order chi connectivity index (χ0) is 7.61. The van der Waals surface area contributed by atoms with Crippen molar-refractivity contribution in [2.45, 2.75) is 44.8 Å². The Hall–Kier alpha value is -0.480. The molecule has 10 heavy (non-hydrogen) atoms. The van der Waals surface area contributed by atoms with Crippen molar-refractivity contribution in [3.05, 3.63) is 0 Å². The van der Waals surface area contributed by atoms with Crippen LogP contribution in [-0.2, 0) is 4.74 Å². The monoisotopic (exact) mass is 138 g/mol. The molecule has 0 N–H and O–H groups in total. The van der Waals surface area contributed by atoms with Gasteiger partial charge in [-0.3, -0.25) is 0 Å². The van der Waals surface area contributed by atoms with E-state index in [0.29, 0.717) is 6.10 Å². The van der Waals surface area contributed by atoms with Crippen molar-refractivity contribution in [1.82, 2.24) is 0 Å². The van der Waals surface area contributed by atoms with Gasteiger partial charge in [-0.25, -0.2) is 0 Å². The van der Waals surface area contributed by atoms with E-state index in [-0.39, 0.29) is 5.60 Å². The first kappa shape index (κ1) is 7.63. The molecule has 1 aliphatic rings. The smallest absolute Gasteiger partial charge is 0.128 e. The molecule has 0 amide bonds. The average Bonchev–Trinajstić information content (AvgIpc) is 2.33. The van der Waals surface area contributed by atoms with Crippen molar-refractivity contribution in [3.63, 3.8) is 0 Å². The van der Waals surface area contributed by atoms with Gasteiger partial charge in [-0.05, 0) is 26.2 Å². The first-order valence-electron chi connectivity index (χ1n) is 3.88. The Bertz CT molecular complexity index is 157. The summed E-state index contributed by atoms with van der Waals surface area (Å²) < 4.78 is 5.61. The van der Waals surface area contributed by atoms with Gasteiger partial charge in [0.15, 0.2) is 0 Å². The first-order valence-corrected chi connectivity index (χ1v) is 3.88. The molecule has 0 aromatic carbocycles. The second-order valence-corrected chi connectivity index (χ2v) is 2.96. The molecule has 1 rings (SSSR count). The molecule has 1 nitrogen and oxygen atoms in total. The third-order valence-corrected chi connectivity index (χ3v) is 2.22. The van der Waals surface area contributed by atoms with E-state index in [2.05, 4.69) is 19.8 Å². The van der Waals surface area contributed by atoms with Crippen molar-refractivity contribution in [3.8, 4) is 12.3 Å². The highest BCUT2D eigenvalue weighted by atomic mass is 16.5. The Morgan fingerprint density at radius 3 is 2.70 bits per heavy atom. The lowest BCUT2D eigenvalue weighted by atomic mass is 9.98. The molecule has 0 aromatic rings. The number of terminal acetylenes is 1. The van der Waals surface area contributed by atoms with Gasteiger partial charge in [-0.15, -0.1) is 6.42 Å². The normalized spacial score (nSPS) is 39.5. The van der Waals surface area contributed by atoms with Gasteiger partial charge in [0, 0.05) is 0 Å². The minimum atomic E-state index is -0.223. The van der Waals surface area contributed by atoms with E-state index in [9.17, 15) is 0 Å². The van der Waals surface area contributed by atoms with Crippen LogP contribution in [0.25, 0.3) is 0 Å². The molecule has 1 heteroatoms. The van der Waals surface area contributed by atoms with Gasteiger partial charge < -0.3 is 4.74 Å². The maximum absolute atomic E-state index is 5.61. The minimum absolute atomic E-state index is 0.223. The van der Waals surface area contributed by atoms with E-state index in [1.54, 1.807) is 0 Å². The van der Waals surface area contributed by atoms with Crippen LogP contribution in [0.2, 0.25) is 0 Å². The second-order valence-electron chi connectivity index (χ2n) is 2.96. The van der Waals surface area contributed by atoms with Gasteiger partial charge in [0.25, 0.3) is 0 Å². The van der Waals surface area contributed by atoms with Crippen LogP contribution in [0.4, 0.5) is 0 Å². The minimum Gasteiger partial charge on any atom is -0.359 e. The lowest BCUT2D eigenvalue weighted by Crippen LogP contribution is -2.25. The van der Waals surface area contributed by atoms with E-state index in [0.717, 1.165) is 19.3 Å². The Balaban J connectivity index is 2.62. The molecule has 1 aliphatic heterocycles. The molecule has 0 aromatic heterocycles. The van der Waals surface area contributed by atoms with Crippen molar-refractivity contribution >= 4 is 0 Å². The fourth-order valence-electron chi connectivity index (χ4n) is 1.41. The molecule has 0 unspecified atom stereocenters. The molecule has 0 saturated carbocycles. The highest BCUT2D eigenvalue weighted by Crippen LogP contribution is 2.31. The van der Waals surface area contributed by atoms with Crippen LogP contribution in [0.5, 0.6) is 0 Å². The lowest BCUT2D eigenvalue weighted by molar-refractivity contribution is 0.00567. The van der Waals surface area contributed by atoms with Crippen LogP contribution >= 0.6 is 0 Å². The Morgan fingerprint density at radius 1 is 1.80 bits per heavy atom. The summed E-state index contributed by atoms with van der Waals surface area (Å²) in [4.78, 5) is 0. The zero-order valence-corrected chi connectivity index (χ0v) is 6.68. The van der Waals surface area contributed by atoms with Gasteiger partial charge in [-0.1, -0.05) is 12.8 Å². The molecular formula is C9H14O. The van der Waals surface area contributed by atoms with Gasteiger partial charge in [-0.2, -0.15) is 0 Å². The van der Waals surface area contributed by atoms with Crippen LogP contribution < -0.4 is 0 Å². The summed E-state index contributed by atoms with van der Waals surface area (Å²) in [6.45, 7) is 4.16. The van der Waals surface area contributed by atoms with E-state index < -0.39 is 0 Å². The van der Waals surface area contributed by atoms with Crippen LogP contribution in [0.3, 0.4) is 0 Å². The summed E-state index contributed by atoms with van der Waals surface area (Å²) in [5.41, 5.74) is -0.223. The van der Waals surface area contributed by atoms with Crippen LogP contribution in [-0.4, -0.2) is 11.7 Å². The van der Waals surface area contributed by atoms with Gasteiger partial charge in [0.05, 0.1) is 6.10 Å². The van der Waals surface area contributed by atoms with Gasteiger partial charge in [0.2, 0.25) is 0 Å². The number of hydrogen-bond acceptors (Lipinski definition) is 1. The van der Waals surface area contributed by atoms with Crippen LogP contribution in [0, 0.1) is 12.3 Å². The van der Waals surface area contributed by atoms with Gasteiger partial charge >= 0.3 is 0 Å². The topological polar surface area (TPSA) is 9.23 Å². The maximum atomic E-state index is 5.61. The van der Waals surface area contributed by atoms with E-state index >= 15 is 0 Å². The molecule has 1 saturated heterocycles. The quantitative estimate of drug-likeness (QED) is 0.503.